The lowest BCUT2D eigenvalue weighted by molar-refractivity contribution is -0.122. The van der Waals surface area contributed by atoms with Crippen molar-refractivity contribution in [1.29, 1.82) is 0 Å². The fraction of sp³-hybridized carbons (Fsp3) is 0.476. The van der Waals surface area contributed by atoms with Crippen molar-refractivity contribution in [2.75, 3.05) is 18.0 Å². The lowest BCUT2D eigenvalue weighted by Gasteiger charge is -2.24. The van der Waals surface area contributed by atoms with Gasteiger partial charge in [0.15, 0.2) is 0 Å². The van der Waals surface area contributed by atoms with Gasteiger partial charge in [-0.1, -0.05) is 6.07 Å². The van der Waals surface area contributed by atoms with E-state index >= 15 is 0 Å². The van der Waals surface area contributed by atoms with Gasteiger partial charge < -0.3 is 14.7 Å². The van der Waals surface area contributed by atoms with Gasteiger partial charge in [-0.15, -0.1) is 0 Å². The van der Waals surface area contributed by atoms with Crippen LogP contribution >= 0.6 is 0 Å². The van der Waals surface area contributed by atoms with Gasteiger partial charge in [-0.05, 0) is 64.3 Å². The van der Waals surface area contributed by atoms with Gasteiger partial charge in [0.1, 0.15) is 29.7 Å². The summed E-state index contributed by atoms with van der Waals surface area (Å²) in [4.78, 5) is 19.2. The molecular weight excluding hydrogens is 361 g/mol. The number of rotatable bonds is 3. The maximum absolute atomic E-state index is 13.7. The first kappa shape index (κ1) is 21.6. The largest absolute Gasteiger partial charge is 0.488 e. The first-order valence-corrected chi connectivity index (χ1v) is 9.24. The highest BCUT2D eigenvalue weighted by molar-refractivity contribution is 5.80. The molecule has 7 heteroatoms. The second kappa shape index (κ2) is 8.99. The van der Waals surface area contributed by atoms with E-state index in [0.717, 1.165) is 34.0 Å². The number of ether oxygens (including phenoxy) is 1. The zero-order valence-electron chi connectivity index (χ0n) is 17.1. The SMILES string of the molecule is Cc1cc(OC(C)(C)C)ccc1-c1c(C)ncnc1N1CC[C@H](F)C1.O=CO. The van der Waals surface area contributed by atoms with E-state index in [0.29, 0.717) is 19.5 Å². The summed E-state index contributed by atoms with van der Waals surface area (Å²) >= 11 is 0. The fourth-order valence-electron chi connectivity index (χ4n) is 3.26. The molecule has 6 nitrogen and oxygen atoms in total. The van der Waals surface area contributed by atoms with Crippen LogP contribution in [0.15, 0.2) is 24.5 Å². The van der Waals surface area contributed by atoms with Gasteiger partial charge in [0.2, 0.25) is 0 Å². The Morgan fingerprint density at radius 3 is 2.50 bits per heavy atom. The molecule has 0 radical (unpaired) electrons. The number of aromatic nitrogens is 2. The van der Waals surface area contributed by atoms with Crippen LogP contribution in [-0.4, -0.2) is 46.4 Å². The van der Waals surface area contributed by atoms with Crippen molar-refractivity contribution in [1.82, 2.24) is 9.97 Å². The van der Waals surface area contributed by atoms with Crippen LogP contribution in [0.4, 0.5) is 10.2 Å². The third-order valence-corrected chi connectivity index (χ3v) is 4.34. The van der Waals surface area contributed by atoms with Crippen molar-refractivity contribution in [2.24, 2.45) is 0 Å². The molecule has 1 aromatic heterocycles. The quantitative estimate of drug-likeness (QED) is 0.794. The predicted molar refractivity (Wildman–Crippen MR) is 108 cm³/mol. The zero-order valence-corrected chi connectivity index (χ0v) is 17.1. The molecule has 2 aromatic rings. The molecule has 2 heterocycles. The average molecular weight is 389 g/mol. The molecule has 0 spiro atoms. The Morgan fingerprint density at radius 1 is 1.29 bits per heavy atom. The van der Waals surface area contributed by atoms with Crippen molar-refractivity contribution in [2.45, 2.75) is 52.8 Å². The normalized spacial score (nSPS) is 16.4. The number of hydrogen-bond acceptors (Lipinski definition) is 5. The van der Waals surface area contributed by atoms with Crippen molar-refractivity contribution in [3.63, 3.8) is 0 Å². The maximum Gasteiger partial charge on any atom is 0.290 e. The molecule has 1 atom stereocenters. The smallest absolute Gasteiger partial charge is 0.290 e. The number of nitrogens with zero attached hydrogens (tertiary/aromatic N) is 3. The van der Waals surface area contributed by atoms with Gasteiger partial charge in [-0.25, -0.2) is 14.4 Å². The van der Waals surface area contributed by atoms with Crippen LogP contribution in [0.1, 0.15) is 38.4 Å². The van der Waals surface area contributed by atoms with Crippen LogP contribution < -0.4 is 9.64 Å². The molecule has 1 aliphatic heterocycles. The standard InChI is InChI=1S/C20H26FN3O.CH2O2/c1-13-10-16(25-20(3,4)5)6-7-17(13)18-14(2)22-12-23-19(18)24-9-8-15(21)11-24;2-1-3/h6-7,10,12,15H,8-9,11H2,1-5H3;1H,(H,2,3)/t15-;/m0./s1. The molecular formula is C21H28FN3O3. The first-order chi connectivity index (χ1) is 13.2. The highest BCUT2D eigenvalue weighted by Crippen LogP contribution is 2.36. The maximum atomic E-state index is 13.7. The second-order valence-corrected chi connectivity index (χ2v) is 7.79. The van der Waals surface area contributed by atoms with Crippen LogP contribution in [0.5, 0.6) is 5.75 Å². The van der Waals surface area contributed by atoms with Crippen LogP contribution in [0.3, 0.4) is 0 Å². The number of carboxylic acid groups (broad SMARTS) is 1. The molecule has 1 N–H and O–H groups in total. The molecule has 0 saturated carbocycles. The average Bonchev–Trinajstić information content (AvgIpc) is 3.01. The summed E-state index contributed by atoms with van der Waals surface area (Å²) in [6.07, 6.45) is 1.33. The minimum Gasteiger partial charge on any atom is -0.488 e. The van der Waals surface area contributed by atoms with Gasteiger partial charge in [-0.2, -0.15) is 0 Å². The van der Waals surface area contributed by atoms with E-state index in [1.54, 1.807) is 6.33 Å². The van der Waals surface area contributed by atoms with Gasteiger partial charge in [0.25, 0.3) is 6.47 Å². The zero-order chi connectivity index (χ0) is 20.9. The topological polar surface area (TPSA) is 75.6 Å². The van der Waals surface area contributed by atoms with Crippen LogP contribution in [0.25, 0.3) is 11.1 Å². The molecule has 1 aliphatic rings. The number of carbonyl (C=O) groups is 1. The highest BCUT2D eigenvalue weighted by atomic mass is 19.1. The lowest BCUT2D eigenvalue weighted by atomic mass is 9.99. The van der Waals surface area contributed by atoms with Crippen molar-refractivity contribution in [3.8, 4) is 16.9 Å². The summed E-state index contributed by atoms with van der Waals surface area (Å²) < 4.78 is 19.6. The predicted octanol–water partition coefficient (Wildman–Crippen LogP) is 4.19. The number of hydrogen-bond donors (Lipinski definition) is 1. The summed E-state index contributed by atoms with van der Waals surface area (Å²) in [5, 5.41) is 6.89. The van der Waals surface area contributed by atoms with Gasteiger partial charge in [0, 0.05) is 12.1 Å². The van der Waals surface area contributed by atoms with E-state index < -0.39 is 6.17 Å². The number of halogens is 1. The monoisotopic (exact) mass is 389 g/mol. The summed E-state index contributed by atoms with van der Waals surface area (Å²) in [5.41, 5.74) is 3.81. The van der Waals surface area contributed by atoms with Crippen LogP contribution in [0.2, 0.25) is 0 Å². The highest BCUT2D eigenvalue weighted by Gasteiger charge is 2.26. The molecule has 28 heavy (non-hydrogen) atoms. The third-order valence-electron chi connectivity index (χ3n) is 4.34. The molecule has 0 bridgehead atoms. The second-order valence-electron chi connectivity index (χ2n) is 7.79. The number of benzene rings is 1. The Bertz CT molecular complexity index is 821. The first-order valence-electron chi connectivity index (χ1n) is 9.24. The fourth-order valence-corrected chi connectivity index (χ4v) is 3.26. The molecule has 1 saturated heterocycles. The molecule has 0 unspecified atom stereocenters. The number of anilines is 1. The van der Waals surface area contributed by atoms with E-state index in [-0.39, 0.29) is 12.1 Å². The Labute approximate surface area is 165 Å². The van der Waals surface area contributed by atoms with Gasteiger partial charge in [0.05, 0.1) is 12.2 Å². The molecule has 152 valence electrons. The Hall–Kier alpha value is -2.70. The van der Waals surface area contributed by atoms with Crippen LogP contribution in [-0.2, 0) is 4.79 Å². The summed E-state index contributed by atoms with van der Waals surface area (Å²) in [5.74, 6) is 1.66. The number of aryl methyl sites for hydroxylation is 2. The molecule has 1 aromatic carbocycles. The molecule has 0 amide bonds. The summed E-state index contributed by atoms with van der Waals surface area (Å²) in [6.45, 7) is 11.0. The molecule has 1 fully saturated rings. The lowest BCUT2D eigenvalue weighted by Crippen LogP contribution is -2.23. The Morgan fingerprint density at radius 2 is 1.96 bits per heavy atom. The van der Waals surface area contributed by atoms with Crippen LogP contribution in [0, 0.1) is 13.8 Å². The number of alkyl halides is 1. The minimum absolute atomic E-state index is 0.240. The Kier molecular flexibility index (Phi) is 6.94. The minimum atomic E-state index is -0.785. The van der Waals surface area contributed by atoms with E-state index in [2.05, 4.69) is 23.0 Å². The van der Waals surface area contributed by atoms with E-state index in [1.165, 1.54) is 0 Å². The van der Waals surface area contributed by atoms with Gasteiger partial charge >= 0.3 is 0 Å². The van der Waals surface area contributed by atoms with E-state index in [1.807, 2.05) is 44.7 Å². The van der Waals surface area contributed by atoms with Crippen molar-refractivity contribution in [3.05, 3.63) is 35.8 Å². The van der Waals surface area contributed by atoms with E-state index in [4.69, 9.17) is 14.6 Å². The summed E-state index contributed by atoms with van der Waals surface area (Å²) in [6, 6.07) is 6.07. The Balaban J connectivity index is 0.000000878. The van der Waals surface area contributed by atoms with E-state index in [9.17, 15) is 4.39 Å². The molecule has 0 aliphatic carbocycles. The van der Waals surface area contributed by atoms with Crippen molar-refractivity contribution < 1.29 is 19.0 Å². The van der Waals surface area contributed by atoms with Gasteiger partial charge in [-0.3, -0.25) is 4.79 Å². The third kappa shape index (κ3) is 5.41. The summed E-state index contributed by atoms with van der Waals surface area (Å²) in [7, 11) is 0. The van der Waals surface area contributed by atoms with Crippen molar-refractivity contribution >= 4 is 12.3 Å². The molecule has 3 rings (SSSR count).